The zero-order chi connectivity index (χ0) is 17.4. The highest BCUT2D eigenvalue weighted by molar-refractivity contribution is 6.07. The fourth-order valence-electron chi connectivity index (χ4n) is 3.35. The van der Waals surface area contributed by atoms with Gasteiger partial charge in [0.2, 0.25) is 0 Å². The molecule has 1 aliphatic rings. The molecule has 3 aromatic rings. The molecule has 128 valence electrons. The van der Waals surface area contributed by atoms with Gasteiger partial charge in [0.25, 0.3) is 5.91 Å². The first-order valence-corrected chi connectivity index (χ1v) is 8.22. The number of aryl methyl sites for hydroxylation is 1. The van der Waals surface area contributed by atoms with E-state index in [4.69, 9.17) is 0 Å². The van der Waals surface area contributed by atoms with Crippen LogP contribution in [-0.2, 0) is 0 Å². The van der Waals surface area contributed by atoms with Crippen LogP contribution in [-0.4, -0.2) is 68.0 Å². The van der Waals surface area contributed by atoms with E-state index in [1.807, 2.05) is 43.1 Å². The molecule has 8 heteroatoms. The number of nitrogens with one attached hydrogen (secondary N) is 1. The monoisotopic (exact) mass is 337 g/mol. The molecule has 1 saturated heterocycles. The molecule has 0 saturated carbocycles. The first kappa shape index (κ1) is 15.6. The largest absolute Gasteiger partial charge is 0.326 e. The van der Waals surface area contributed by atoms with Crippen molar-refractivity contribution in [2.75, 3.05) is 26.7 Å². The van der Waals surface area contributed by atoms with Crippen LogP contribution in [0.1, 0.15) is 27.8 Å². The Hall–Kier alpha value is -2.87. The van der Waals surface area contributed by atoms with E-state index in [0.29, 0.717) is 24.5 Å². The Morgan fingerprint density at radius 1 is 1.28 bits per heavy atom. The van der Waals surface area contributed by atoms with Crippen LogP contribution < -0.4 is 0 Å². The summed E-state index contributed by atoms with van der Waals surface area (Å²) in [6.45, 7) is 4.10. The third-order valence-corrected chi connectivity index (χ3v) is 4.71. The van der Waals surface area contributed by atoms with E-state index in [-0.39, 0.29) is 11.9 Å². The molecule has 8 nitrogen and oxygen atoms in total. The molecule has 1 fully saturated rings. The topological polar surface area (TPSA) is 90.9 Å². The quantitative estimate of drug-likeness (QED) is 0.755. The highest BCUT2D eigenvalue weighted by Gasteiger charge is 2.34. The maximum absolute atomic E-state index is 13.3. The Balaban J connectivity index is 1.76. The molecule has 1 amide bonds. The van der Waals surface area contributed by atoms with Crippen molar-refractivity contribution in [2.45, 2.75) is 13.0 Å². The van der Waals surface area contributed by atoms with Crippen molar-refractivity contribution in [1.82, 2.24) is 35.4 Å². The van der Waals surface area contributed by atoms with E-state index < -0.39 is 0 Å². The van der Waals surface area contributed by atoms with E-state index in [0.717, 1.165) is 23.0 Å². The number of hydrogen-bond donors (Lipinski definition) is 1. The van der Waals surface area contributed by atoms with Gasteiger partial charge in [-0.15, -0.1) is 10.2 Å². The molecule has 1 N–H and O–H groups in total. The van der Waals surface area contributed by atoms with E-state index in [9.17, 15) is 4.79 Å². The Morgan fingerprint density at radius 2 is 2.16 bits per heavy atom. The molecule has 1 atom stereocenters. The predicted molar refractivity (Wildman–Crippen MR) is 91.9 cm³/mol. The van der Waals surface area contributed by atoms with Crippen molar-refractivity contribution in [3.05, 3.63) is 47.4 Å². The lowest BCUT2D eigenvalue weighted by Crippen LogP contribution is -2.49. The van der Waals surface area contributed by atoms with Gasteiger partial charge in [0, 0.05) is 36.8 Å². The molecule has 2 aromatic heterocycles. The molecule has 0 spiro atoms. The van der Waals surface area contributed by atoms with Crippen molar-refractivity contribution in [3.63, 3.8) is 0 Å². The van der Waals surface area contributed by atoms with Crippen LogP contribution in [0.5, 0.6) is 0 Å². The second-order valence-electron chi connectivity index (χ2n) is 6.38. The number of amides is 1. The number of carbonyl (C=O) groups is 1. The first-order chi connectivity index (χ1) is 12.1. The number of benzene rings is 1. The van der Waals surface area contributed by atoms with Gasteiger partial charge in [0.15, 0.2) is 5.82 Å². The number of piperazine rings is 1. The van der Waals surface area contributed by atoms with Gasteiger partial charge >= 0.3 is 0 Å². The predicted octanol–water partition coefficient (Wildman–Crippen LogP) is 1.19. The molecule has 0 radical (unpaired) electrons. The molecule has 0 aliphatic carbocycles. The number of carbonyl (C=O) groups excluding carboxylic acids is 1. The summed E-state index contributed by atoms with van der Waals surface area (Å²) < 4.78 is 0. The third kappa shape index (κ3) is 2.74. The minimum atomic E-state index is -0.224. The zero-order valence-electron chi connectivity index (χ0n) is 14.2. The number of pyridine rings is 1. The summed E-state index contributed by atoms with van der Waals surface area (Å²) in [5.41, 5.74) is 2.57. The van der Waals surface area contributed by atoms with Crippen molar-refractivity contribution < 1.29 is 4.79 Å². The number of likely N-dealkylation sites (N-methyl/N-ethyl adjacent to an activating group) is 1. The first-order valence-electron chi connectivity index (χ1n) is 8.22. The number of rotatable bonds is 2. The van der Waals surface area contributed by atoms with Gasteiger partial charge in [0.1, 0.15) is 6.04 Å². The standard InChI is InChI=1S/C17H19N7O/c1-11-5-6-13(12-4-3-7-18-15(11)12)17(25)24-9-8-23(2)10-14(24)16-19-21-22-20-16/h3-7,14H,8-10H2,1-2H3,(H,19,20,21,22). The van der Waals surface area contributed by atoms with Gasteiger partial charge in [-0.1, -0.05) is 17.3 Å². The van der Waals surface area contributed by atoms with Crippen LogP contribution in [0.2, 0.25) is 0 Å². The van der Waals surface area contributed by atoms with Gasteiger partial charge in [0.05, 0.1) is 5.52 Å². The van der Waals surface area contributed by atoms with Crippen molar-refractivity contribution in [3.8, 4) is 0 Å². The number of fused-ring (bicyclic) bond motifs is 1. The number of aromatic nitrogens is 5. The van der Waals surface area contributed by atoms with Gasteiger partial charge in [-0.3, -0.25) is 9.78 Å². The summed E-state index contributed by atoms with van der Waals surface area (Å²) >= 11 is 0. The Kier molecular flexibility index (Phi) is 3.89. The summed E-state index contributed by atoms with van der Waals surface area (Å²) in [6.07, 6.45) is 1.75. The minimum Gasteiger partial charge on any atom is -0.326 e. The van der Waals surface area contributed by atoms with Crippen LogP contribution in [0.3, 0.4) is 0 Å². The van der Waals surface area contributed by atoms with Crippen LogP contribution in [0, 0.1) is 6.92 Å². The van der Waals surface area contributed by atoms with Gasteiger partial charge in [-0.05, 0) is 31.7 Å². The van der Waals surface area contributed by atoms with Crippen LogP contribution in [0.4, 0.5) is 0 Å². The second kappa shape index (κ2) is 6.21. The molecule has 25 heavy (non-hydrogen) atoms. The lowest BCUT2D eigenvalue weighted by Gasteiger charge is -2.38. The highest BCUT2D eigenvalue weighted by Crippen LogP contribution is 2.27. The summed E-state index contributed by atoms with van der Waals surface area (Å²) in [5.74, 6) is 0.510. The van der Waals surface area contributed by atoms with E-state index in [2.05, 4.69) is 30.5 Å². The minimum absolute atomic E-state index is 0.0269. The maximum Gasteiger partial charge on any atom is 0.255 e. The smallest absolute Gasteiger partial charge is 0.255 e. The normalized spacial score (nSPS) is 18.6. The Morgan fingerprint density at radius 3 is 2.96 bits per heavy atom. The molecule has 1 aromatic carbocycles. The van der Waals surface area contributed by atoms with E-state index >= 15 is 0 Å². The van der Waals surface area contributed by atoms with Gasteiger partial charge in [-0.25, -0.2) is 0 Å². The zero-order valence-corrected chi connectivity index (χ0v) is 14.2. The fourth-order valence-corrected chi connectivity index (χ4v) is 3.35. The van der Waals surface area contributed by atoms with Gasteiger partial charge < -0.3 is 9.80 Å². The number of tetrazole rings is 1. The van der Waals surface area contributed by atoms with Crippen molar-refractivity contribution in [2.24, 2.45) is 0 Å². The van der Waals surface area contributed by atoms with Crippen LogP contribution in [0.25, 0.3) is 10.9 Å². The average Bonchev–Trinajstić information content (AvgIpc) is 3.16. The highest BCUT2D eigenvalue weighted by atomic mass is 16.2. The molecule has 0 bridgehead atoms. The SMILES string of the molecule is Cc1ccc(C(=O)N2CCN(C)CC2c2nn[nH]n2)c2cccnc12. The van der Waals surface area contributed by atoms with Crippen LogP contribution in [0.15, 0.2) is 30.5 Å². The Labute approximate surface area is 144 Å². The third-order valence-electron chi connectivity index (χ3n) is 4.71. The number of nitrogens with zero attached hydrogens (tertiary/aromatic N) is 6. The van der Waals surface area contributed by atoms with Crippen LogP contribution >= 0.6 is 0 Å². The summed E-state index contributed by atoms with van der Waals surface area (Å²) in [5, 5.41) is 15.2. The number of aromatic amines is 1. The number of H-pyrrole nitrogens is 1. The van der Waals surface area contributed by atoms with E-state index in [1.54, 1.807) is 6.20 Å². The summed E-state index contributed by atoms with van der Waals surface area (Å²) in [6, 6.07) is 7.41. The van der Waals surface area contributed by atoms with Crippen molar-refractivity contribution >= 4 is 16.8 Å². The molecule has 3 heterocycles. The lowest BCUT2D eigenvalue weighted by atomic mass is 10.0. The fraction of sp³-hybridized carbons (Fsp3) is 0.353. The molecular formula is C17H19N7O. The van der Waals surface area contributed by atoms with Gasteiger partial charge in [-0.2, -0.15) is 5.21 Å². The maximum atomic E-state index is 13.3. The lowest BCUT2D eigenvalue weighted by molar-refractivity contribution is 0.0483. The number of hydrogen-bond acceptors (Lipinski definition) is 6. The summed E-state index contributed by atoms with van der Waals surface area (Å²) in [4.78, 5) is 21.8. The summed E-state index contributed by atoms with van der Waals surface area (Å²) in [7, 11) is 2.03. The Bertz CT molecular complexity index is 909. The average molecular weight is 337 g/mol. The molecular weight excluding hydrogens is 318 g/mol. The van der Waals surface area contributed by atoms with Crippen molar-refractivity contribution in [1.29, 1.82) is 0 Å². The van der Waals surface area contributed by atoms with E-state index in [1.165, 1.54) is 0 Å². The molecule has 1 unspecified atom stereocenters. The molecule has 4 rings (SSSR count). The second-order valence-corrected chi connectivity index (χ2v) is 6.38. The molecule has 1 aliphatic heterocycles.